The Bertz CT molecular complexity index is 638. The fraction of sp³-hybridized carbons (Fsp3) is 0.294. The van der Waals surface area contributed by atoms with E-state index in [0.29, 0.717) is 4.47 Å². The van der Waals surface area contributed by atoms with Crippen molar-refractivity contribution in [1.82, 2.24) is 4.90 Å². The van der Waals surface area contributed by atoms with E-state index in [1.165, 1.54) is 18.2 Å². The summed E-state index contributed by atoms with van der Waals surface area (Å²) < 4.78 is 26.9. The highest BCUT2D eigenvalue weighted by atomic mass is 79.9. The van der Waals surface area contributed by atoms with Gasteiger partial charge in [0, 0.05) is 44.5 Å². The SMILES string of the molecule is Fc1ccc(CN2CCN(c3c[c]c(Br)c(F)c3)CC2)cc1. The largest absolute Gasteiger partial charge is 0.369 e. The van der Waals surface area contributed by atoms with E-state index in [-0.39, 0.29) is 11.6 Å². The van der Waals surface area contributed by atoms with Crippen LogP contribution in [0.5, 0.6) is 0 Å². The summed E-state index contributed by atoms with van der Waals surface area (Å²) in [7, 11) is 0. The van der Waals surface area contributed by atoms with Gasteiger partial charge >= 0.3 is 0 Å². The molecule has 2 aromatic carbocycles. The molecular weight excluding hydrogens is 350 g/mol. The predicted octanol–water partition coefficient (Wildman–Crippen LogP) is 3.85. The van der Waals surface area contributed by atoms with Crippen LogP contribution in [0, 0.1) is 17.7 Å². The molecule has 0 unspecified atom stereocenters. The first-order valence-corrected chi connectivity index (χ1v) is 7.99. The van der Waals surface area contributed by atoms with Crippen molar-refractivity contribution in [2.45, 2.75) is 6.54 Å². The van der Waals surface area contributed by atoms with Crippen LogP contribution in [0.2, 0.25) is 0 Å². The molecule has 1 saturated heterocycles. The van der Waals surface area contributed by atoms with Gasteiger partial charge in [-0.1, -0.05) is 12.1 Å². The molecule has 0 N–H and O–H groups in total. The van der Waals surface area contributed by atoms with Crippen molar-refractivity contribution in [2.24, 2.45) is 0 Å². The van der Waals surface area contributed by atoms with Crippen molar-refractivity contribution >= 4 is 21.6 Å². The molecule has 22 heavy (non-hydrogen) atoms. The molecule has 0 saturated carbocycles. The van der Waals surface area contributed by atoms with Crippen LogP contribution in [0.4, 0.5) is 14.5 Å². The highest BCUT2D eigenvalue weighted by molar-refractivity contribution is 9.10. The summed E-state index contributed by atoms with van der Waals surface area (Å²) in [4.78, 5) is 4.48. The number of rotatable bonds is 3. The van der Waals surface area contributed by atoms with E-state index in [1.54, 1.807) is 0 Å². The molecule has 0 spiro atoms. The normalized spacial score (nSPS) is 16.0. The van der Waals surface area contributed by atoms with Gasteiger partial charge in [-0.15, -0.1) is 0 Å². The van der Waals surface area contributed by atoms with Crippen molar-refractivity contribution in [1.29, 1.82) is 0 Å². The average Bonchev–Trinajstić information content (AvgIpc) is 2.53. The molecule has 1 fully saturated rings. The first-order valence-electron chi connectivity index (χ1n) is 7.20. The summed E-state index contributed by atoms with van der Waals surface area (Å²) in [6.45, 7) is 4.30. The Balaban J connectivity index is 1.57. The number of benzene rings is 2. The minimum atomic E-state index is -0.286. The van der Waals surface area contributed by atoms with Gasteiger partial charge in [-0.25, -0.2) is 8.78 Å². The van der Waals surface area contributed by atoms with Crippen LogP contribution in [0.1, 0.15) is 5.56 Å². The second-order valence-electron chi connectivity index (χ2n) is 5.41. The zero-order chi connectivity index (χ0) is 15.5. The van der Waals surface area contributed by atoms with Gasteiger partial charge in [0.1, 0.15) is 11.6 Å². The van der Waals surface area contributed by atoms with Crippen LogP contribution in [0.3, 0.4) is 0 Å². The van der Waals surface area contributed by atoms with E-state index in [1.807, 2.05) is 18.2 Å². The van der Waals surface area contributed by atoms with Gasteiger partial charge in [0.25, 0.3) is 0 Å². The minimum Gasteiger partial charge on any atom is -0.369 e. The molecule has 1 heterocycles. The van der Waals surface area contributed by atoms with Crippen LogP contribution in [-0.4, -0.2) is 31.1 Å². The van der Waals surface area contributed by atoms with Crippen molar-refractivity contribution in [3.8, 4) is 0 Å². The molecule has 1 aliphatic rings. The van der Waals surface area contributed by atoms with Crippen LogP contribution in [0.15, 0.2) is 40.9 Å². The molecule has 0 aromatic heterocycles. The molecule has 2 aromatic rings. The van der Waals surface area contributed by atoms with Crippen LogP contribution >= 0.6 is 15.9 Å². The quantitative estimate of drug-likeness (QED) is 0.814. The Hall–Kier alpha value is -1.46. The van der Waals surface area contributed by atoms with E-state index in [0.717, 1.165) is 44.0 Å². The summed E-state index contributed by atoms with van der Waals surface area (Å²) in [5.74, 6) is -0.492. The molecule has 5 heteroatoms. The summed E-state index contributed by atoms with van der Waals surface area (Å²) in [6.07, 6.45) is 0. The lowest BCUT2D eigenvalue weighted by Gasteiger charge is -2.36. The van der Waals surface area contributed by atoms with Gasteiger partial charge in [0.05, 0.1) is 4.47 Å². The summed E-state index contributed by atoms with van der Waals surface area (Å²) in [5, 5.41) is 0. The zero-order valence-electron chi connectivity index (χ0n) is 12.0. The summed E-state index contributed by atoms with van der Waals surface area (Å²) in [6, 6.07) is 12.8. The highest BCUT2D eigenvalue weighted by Crippen LogP contribution is 2.23. The van der Waals surface area contributed by atoms with Crippen molar-refractivity contribution < 1.29 is 8.78 Å². The predicted molar refractivity (Wildman–Crippen MR) is 86.8 cm³/mol. The van der Waals surface area contributed by atoms with Gasteiger partial charge in [-0.05, 0) is 45.8 Å². The number of anilines is 1. The standard InChI is InChI=1S/C17H16BrF2N2/c18-16-6-5-15(11-17(16)20)22-9-7-21(8-10-22)12-13-1-3-14(19)4-2-13/h1-5,11H,7-10,12H2. The number of hydrogen-bond donors (Lipinski definition) is 0. The maximum atomic E-state index is 13.6. The minimum absolute atomic E-state index is 0.206. The molecular formula is C17H16BrF2N2. The van der Waals surface area contributed by atoms with Gasteiger partial charge in [-0.2, -0.15) is 0 Å². The Morgan fingerprint density at radius 2 is 1.73 bits per heavy atom. The van der Waals surface area contributed by atoms with E-state index < -0.39 is 0 Å². The molecule has 0 amide bonds. The lowest BCUT2D eigenvalue weighted by molar-refractivity contribution is 0.249. The number of hydrogen-bond acceptors (Lipinski definition) is 2. The third-order valence-electron chi connectivity index (χ3n) is 3.89. The van der Waals surface area contributed by atoms with Crippen LogP contribution in [-0.2, 0) is 6.54 Å². The topological polar surface area (TPSA) is 6.48 Å². The maximum absolute atomic E-state index is 13.6. The molecule has 0 bridgehead atoms. The van der Waals surface area contributed by atoms with Gasteiger partial charge < -0.3 is 4.90 Å². The first kappa shape index (κ1) is 15.4. The lowest BCUT2D eigenvalue weighted by Crippen LogP contribution is -2.46. The fourth-order valence-corrected chi connectivity index (χ4v) is 2.86. The van der Waals surface area contributed by atoms with Gasteiger partial charge in [0.15, 0.2) is 0 Å². The second kappa shape index (κ2) is 6.75. The molecule has 2 nitrogen and oxygen atoms in total. The van der Waals surface area contributed by atoms with Crippen molar-refractivity contribution in [2.75, 3.05) is 31.1 Å². The van der Waals surface area contributed by atoms with E-state index >= 15 is 0 Å². The van der Waals surface area contributed by atoms with Crippen LogP contribution < -0.4 is 4.90 Å². The monoisotopic (exact) mass is 365 g/mol. The summed E-state index contributed by atoms with van der Waals surface area (Å²) >= 11 is 3.12. The second-order valence-corrected chi connectivity index (χ2v) is 6.20. The molecule has 3 rings (SSSR count). The maximum Gasteiger partial charge on any atom is 0.140 e. The molecule has 1 radical (unpaired) electrons. The van der Waals surface area contributed by atoms with Crippen LogP contribution in [0.25, 0.3) is 0 Å². The third-order valence-corrected chi connectivity index (χ3v) is 4.50. The smallest absolute Gasteiger partial charge is 0.140 e. The third kappa shape index (κ3) is 3.65. The number of nitrogens with zero attached hydrogens (tertiary/aromatic N) is 2. The summed E-state index contributed by atoms with van der Waals surface area (Å²) in [5.41, 5.74) is 1.97. The molecule has 115 valence electrons. The van der Waals surface area contributed by atoms with E-state index in [2.05, 4.69) is 31.8 Å². The molecule has 0 aliphatic carbocycles. The Morgan fingerprint density at radius 1 is 1.05 bits per heavy atom. The highest BCUT2D eigenvalue weighted by Gasteiger charge is 2.18. The molecule has 1 aliphatic heterocycles. The van der Waals surface area contributed by atoms with Gasteiger partial charge in [-0.3, -0.25) is 4.90 Å². The first-order chi connectivity index (χ1) is 10.6. The van der Waals surface area contributed by atoms with Gasteiger partial charge in [0.2, 0.25) is 0 Å². The Morgan fingerprint density at radius 3 is 2.36 bits per heavy atom. The average molecular weight is 366 g/mol. The Kier molecular flexibility index (Phi) is 4.74. The number of piperazine rings is 1. The zero-order valence-corrected chi connectivity index (χ0v) is 13.6. The fourth-order valence-electron chi connectivity index (χ4n) is 2.64. The Labute approximate surface area is 137 Å². The van der Waals surface area contributed by atoms with E-state index in [4.69, 9.17) is 0 Å². The molecule has 0 atom stereocenters. The van der Waals surface area contributed by atoms with E-state index in [9.17, 15) is 8.78 Å². The van der Waals surface area contributed by atoms with Crippen molar-refractivity contribution in [3.63, 3.8) is 0 Å². The van der Waals surface area contributed by atoms with Crippen molar-refractivity contribution in [3.05, 3.63) is 64.1 Å². The number of halogens is 3. The lowest BCUT2D eigenvalue weighted by atomic mass is 10.2.